The van der Waals surface area contributed by atoms with Gasteiger partial charge in [-0.25, -0.2) is 0 Å². The summed E-state index contributed by atoms with van der Waals surface area (Å²) in [5.41, 5.74) is 1.12. The SMILES string of the molecule is CC(=O)NCCNC(=O)CCOc1cccc(C)c1. The Morgan fingerprint density at radius 1 is 1.21 bits per heavy atom. The Kier molecular flexibility index (Phi) is 6.43. The first-order valence-electron chi connectivity index (χ1n) is 6.28. The van der Waals surface area contributed by atoms with Gasteiger partial charge in [0.1, 0.15) is 5.75 Å². The van der Waals surface area contributed by atoms with Crippen molar-refractivity contribution < 1.29 is 14.3 Å². The molecule has 0 spiro atoms. The van der Waals surface area contributed by atoms with E-state index in [2.05, 4.69) is 10.6 Å². The summed E-state index contributed by atoms with van der Waals surface area (Å²) in [7, 11) is 0. The number of rotatable bonds is 7. The minimum atomic E-state index is -0.1000. The standard InChI is InChI=1S/C14H20N2O3/c1-11-4-3-5-13(10-11)19-9-6-14(18)16-8-7-15-12(2)17/h3-5,10H,6-9H2,1-2H3,(H,15,17)(H,16,18). The lowest BCUT2D eigenvalue weighted by atomic mass is 10.2. The molecule has 2 amide bonds. The predicted molar refractivity (Wildman–Crippen MR) is 73.0 cm³/mol. The average molecular weight is 264 g/mol. The van der Waals surface area contributed by atoms with Gasteiger partial charge in [0, 0.05) is 20.0 Å². The number of aryl methyl sites for hydroxylation is 1. The summed E-state index contributed by atoms with van der Waals surface area (Å²) in [6.07, 6.45) is 0.300. The third-order valence-corrected chi connectivity index (χ3v) is 2.41. The zero-order valence-corrected chi connectivity index (χ0v) is 11.4. The van der Waals surface area contributed by atoms with Crippen LogP contribution in [0, 0.1) is 6.92 Å². The molecule has 0 aromatic heterocycles. The van der Waals surface area contributed by atoms with Crippen LogP contribution in [-0.2, 0) is 9.59 Å². The van der Waals surface area contributed by atoms with Crippen LogP contribution in [0.1, 0.15) is 18.9 Å². The van der Waals surface area contributed by atoms with E-state index in [1.165, 1.54) is 6.92 Å². The molecule has 2 N–H and O–H groups in total. The Balaban J connectivity index is 2.12. The summed E-state index contributed by atoms with van der Waals surface area (Å²) >= 11 is 0. The van der Waals surface area contributed by atoms with Gasteiger partial charge in [-0.05, 0) is 24.6 Å². The van der Waals surface area contributed by atoms with Crippen molar-refractivity contribution >= 4 is 11.8 Å². The number of carbonyl (C=O) groups excluding carboxylic acids is 2. The largest absolute Gasteiger partial charge is 0.493 e. The molecular weight excluding hydrogens is 244 g/mol. The highest BCUT2D eigenvalue weighted by Gasteiger charge is 2.01. The second-order valence-corrected chi connectivity index (χ2v) is 4.25. The van der Waals surface area contributed by atoms with Gasteiger partial charge in [-0.2, -0.15) is 0 Å². The number of ether oxygens (including phenoxy) is 1. The summed E-state index contributed by atoms with van der Waals surface area (Å²) in [4.78, 5) is 22.0. The molecule has 1 aromatic carbocycles. The zero-order valence-electron chi connectivity index (χ0n) is 11.4. The van der Waals surface area contributed by atoms with E-state index in [0.29, 0.717) is 26.1 Å². The number of carbonyl (C=O) groups is 2. The van der Waals surface area contributed by atoms with Crippen molar-refractivity contribution in [1.29, 1.82) is 0 Å². The van der Waals surface area contributed by atoms with Gasteiger partial charge in [0.25, 0.3) is 0 Å². The zero-order chi connectivity index (χ0) is 14.1. The van der Waals surface area contributed by atoms with E-state index in [-0.39, 0.29) is 11.8 Å². The molecule has 1 rings (SSSR count). The molecule has 0 aliphatic rings. The first kappa shape index (κ1) is 15.0. The highest BCUT2D eigenvalue weighted by atomic mass is 16.5. The van der Waals surface area contributed by atoms with Gasteiger partial charge in [0.15, 0.2) is 0 Å². The third-order valence-electron chi connectivity index (χ3n) is 2.41. The van der Waals surface area contributed by atoms with E-state index < -0.39 is 0 Å². The monoisotopic (exact) mass is 264 g/mol. The van der Waals surface area contributed by atoms with Crippen molar-refractivity contribution in [3.05, 3.63) is 29.8 Å². The second-order valence-electron chi connectivity index (χ2n) is 4.25. The highest BCUT2D eigenvalue weighted by molar-refractivity contribution is 5.76. The van der Waals surface area contributed by atoms with Crippen LogP contribution in [-0.4, -0.2) is 31.5 Å². The van der Waals surface area contributed by atoms with Crippen LogP contribution in [0.2, 0.25) is 0 Å². The quantitative estimate of drug-likeness (QED) is 0.722. The van der Waals surface area contributed by atoms with Crippen molar-refractivity contribution in [2.45, 2.75) is 20.3 Å². The first-order chi connectivity index (χ1) is 9.08. The topological polar surface area (TPSA) is 67.4 Å². The van der Waals surface area contributed by atoms with Crippen LogP contribution in [0.15, 0.2) is 24.3 Å². The Labute approximate surface area is 113 Å². The Hall–Kier alpha value is -2.04. The van der Waals surface area contributed by atoms with E-state index >= 15 is 0 Å². The van der Waals surface area contributed by atoms with Gasteiger partial charge >= 0.3 is 0 Å². The molecule has 0 atom stereocenters. The highest BCUT2D eigenvalue weighted by Crippen LogP contribution is 2.12. The number of hydrogen-bond donors (Lipinski definition) is 2. The fourth-order valence-electron chi connectivity index (χ4n) is 1.50. The van der Waals surface area contributed by atoms with Crippen molar-refractivity contribution in [3.63, 3.8) is 0 Å². The van der Waals surface area contributed by atoms with Gasteiger partial charge in [0.2, 0.25) is 11.8 Å². The third kappa shape index (κ3) is 7.08. The molecule has 0 heterocycles. The van der Waals surface area contributed by atoms with E-state index in [0.717, 1.165) is 11.3 Å². The average Bonchev–Trinajstić information content (AvgIpc) is 2.34. The van der Waals surface area contributed by atoms with Gasteiger partial charge in [-0.3, -0.25) is 9.59 Å². The number of nitrogens with one attached hydrogen (secondary N) is 2. The van der Waals surface area contributed by atoms with E-state index in [1.807, 2.05) is 31.2 Å². The molecule has 0 aliphatic carbocycles. The number of amides is 2. The molecule has 5 heteroatoms. The van der Waals surface area contributed by atoms with Crippen LogP contribution in [0.4, 0.5) is 0 Å². The molecule has 0 radical (unpaired) electrons. The summed E-state index contributed by atoms with van der Waals surface area (Å²) in [5, 5.41) is 5.31. The van der Waals surface area contributed by atoms with Gasteiger partial charge < -0.3 is 15.4 Å². The summed E-state index contributed by atoms with van der Waals surface area (Å²) < 4.78 is 5.47. The minimum absolute atomic E-state index is 0.0852. The van der Waals surface area contributed by atoms with Crippen LogP contribution < -0.4 is 15.4 Å². The van der Waals surface area contributed by atoms with Crippen molar-refractivity contribution in [2.24, 2.45) is 0 Å². The van der Waals surface area contributed by atoms with E-state index in [1.54, 1.807) is 0 Å². The van der Waals surface area contributed by atoms with Crippen LogP contribution in [0.5, 0.6) is 5.75 Å². The van der Waals surface area contributed by atoms with Gasteiger partial charge in [-0.1, -0.05) is 12.1 Å². The Bertz CT molecular complexity index is 432. The summed E-state index contributed by atoms with van der Waals surface area (Å²) in [6, 6.07) is 7.69. The summed E-state index contributed by atoms with van der Waals surface area (Å²) in [6.45, 7) is 4.65. The molecule has 0 fully saturated rings. The lowest BCUT2D eigenvalue weighted by Gasteiger charge is -2.08. The fraction of sp³-hybridized carbons (Fsp3) is 0.429. The Morgan fingerprint density at radius 2 is 1.95 bits per heavy atom. The predicted octanol–water partition coefficient (Wildman–Crippen LogP) is 1.02. The molecular formula is C14H20N2O3. The van der Waals surface area contributed by atoms with E-state index in [9.17, 15) is 9.59 Å². The lowest BCUT2D eigenvalue weighted by Crippen LogP contribution is -2.34. The molecule has 0 aliphatic heterocycles. The maximum absolute atomic E-state index is 11.4. The van der Waals surface area contributed by atoms with Crippen molar-refractivity contribution in [3.8, 4) is 5.75 Å². The molecule has 0 unspecified atom stereocenters. The number of hydrogen-bond acceptors (Lipinski definition) is 3. The number of benzene rings is 1. The summed E-state index contributed by atoms with van der Waals surface area (Å²) in [5.74, 6) is 0.584. The van der Waals surface area contributed by atoms with Crippen molar-refractivity contribution in [1.82, 2.24) is 10.6 Å². The molecule has 0 bridgehead atoms. The smallest absolute Gasteiger partial charge is 0.223 e. The van der Waals surface area contributed by atoms with E-state index in [4.69, 9.17) is 4.74 Å². The maximum atomic E-state index is 11.4. The second kappa shape index (κ2) is 8.13. The van der Waals surface area contributed by atoms with Crippen LogP contribution in [0.25, 0.3) is 0 Å². The fourth-order valence-corrected chi connectivity index (χ4v) is 1.50. The molecule has 0 saturated carbocycles. The van der Waals surface area contributed by atoms with Gasteiger partial charge in [0.05, 0.1) is 13.0 Å². The van der Waals surface area contributed by atoms with Crippen LogP contribution >= 0.6 is 0 Å². The lowest BCUT2D eigenvalue weighted by molar-refractivity contribution is -0.122. The molecule has 1 aromatic rings. The molecule has 0 saturated heterocycles. The van der Waals surface area contributed by atoms with Gasteiger partial charge in [-0.15, -0.1) is 0 Å². The molecule has 104 valence electrons. The van der Waals surface area contributed by atoms with Crippen LogP contribution in [0.3, 0.4) is 0 Å². The molecule has 5 nitrogen and oxygen atoms in total. The maximum Gasteiger partial charge on any atom is 0.223 e. The first-order valence-corrected chi connectivity index (χ1v) is 6.28. The van der Waals surface area contributed by atoms with Crippen molar-refractivity contribution in [2.75, 3.05) is 19.7 Å². The molecule has 19 heavy (non-hydrogen) atoms. The minimum Gasteiger partial charge on any atom is -0.493 e. The normalized spacial score (nSPS) is 9.79. The Morgan fingerprint density at radius 3 is 2.63 bits per heavy atom.